The number of carbonyl (C=O) groups excluding carboxylic acids is 4. The van der Waals surface area contributed by atoms with Gasteiger partial charge in [0.25, 0.3) is 17.7 Å². The van der Waals surface area contributed by atoms with Gasteiger partial charge in [0.1, 0.15) is 0 Å². The van der Waals surface area contributed by atoms with Crippen LogP contribution in [0.2, 0.25) is 0 Å². The van der Waals surface area contributed by atoms with Gasteiger partial charge in [0.05, 0.1) is 44.4 Å². The largest absolute Gasteiger partial charge is 0.493 e. The SMILES string of the molecule is CCCOc1cc(C2=NN(C(=O)c3ccc(NC(=O)c4cccnc4)cc3)CCC2)ccc1OC.CCOc1cc(C2=NN(C(=O)c3ccc(NC(=O)C(F)(F)F)cc3)CCC2)ccc1OC. The molecule has 0 aliphatic carbocycles. The van der Waals surface area contributed by atoms with Gasteiger partial charge in [0.2, 0.25) is 0 Å². The van der Waals surface area contributed by atoms with E-state index >= 15 is 0 Å². The van der Waals surface area contributed by atoms with Crippen molar-refractivity contribution in [3.8, 4) is 23.0 Å². The number of halogens is 3. The summed E-state index contributed by atoms with van der Waals surface area (Å²) < 4.78 is 59.2. The normalized spacial score (nSPS) is 13.5. The number of nitrogens with zero attached hydrogens (tertiary/aromatic N) is 5. The van der Waals surface area contributed by atoms with Crippen molar-refractivity contribution < 1.29 is 51.3 Å². The molecule has 4 aromatic carbocycles. The third-order valence-electron chi connectivity index (χ3n) is 10.2. The molecule has 0 saturated heterocycles. The molecule has 0 saturated carbocycles. The number of rotatable bonds is 14. The highest BCUT2D eigenvalue weighted by molar-refractivity contribution is 6.06. The van der Waals surface area contributed by atoms with Crippen LogP contribution in [0.5, 0.6) is 23.0 Å². The Bertz CT molecular complexity index is 2590. The third-order valence-corrected chi connectivity index (χ3v) is 10.2. The van der Waals surface area contributed by atoms with Gasteiger partial charge in [0, 0.05) is 59.1 Å². The highest BCUT2D eigenvalue weighted by Gasteiger charge is 2.38. The molecule has 3 heterocycles. The number of amides is 4. The molecular formula is C49H50F3N7O8. The van der Waals surface area contributed by atoms with Crippen LogP contribution < -0.4 is 29.6 Å². The summed E-state index contributed by atoms with van der Waals surface area (Å²) in [6.07, 6.45) is 1.95. The lowest BCUT2D eigenvalue weighted by atomic mass is 10.0. The molecule has 1 aromatic heterocycles. The maximum Gasteiger partial charge on any atom is 0.471 e. The Hall–Kier alpha value is -7.76. The van der Waals surface area contributed by atoms with E-state index in [4.69, 9.17) is 18.9 Å². The molecule has 0 fully saturated rings. The Morgan fingerprint density at radius 1 is 0.642 bits per heavy atom. The van der Waals surface area contributed by atoms with Gasteiger partial charge < -0.3 is 29.6 Å². The highest BCUT2D eigenvalue weighted by Crippen LogP contribution is 2.31. The number of anilines is 2. The molecule has 0 atom stereocenters. The van der Waals surface area contributed by atoms with E-state index in [-0.39, 0.29) is 23.1 Å². The average molecular weight is 922 g/mol. The summed E-state index contributed by atoms with van der Waals surface area (Å²) in [5.74, 6) is -0.410. The Morgan fingerprint density at radius 2 is 1.15 bits per heavy atom. The van der Waals surface area contributed by atoms with Gasteiger partial charge in [0.15, 0.2) is 23.0 Å². The molecule has 4 amide bonds. The van der Waals surface area contributed by atoms with Crippen LogP contribution in [0.3, 0.4) is 0 Å². The van der Waals surface area contributed by atoms with Crippen molar-refractivity contribution in [2.45, 2.75) is 52.1 Å². The molecule has 0 bridgehead atoms. The van der Waals surface area contributed by atoms with Crippen LogP contribution in [-0.2, 0) is 4.79 Å². The number of benzene rings is 4. The van der Waals surface area contributed by atoms with Gasteiger partial charge in [-0.1, -0.05) is 6.92 Å². The van der Waals surface area contributed by atoms with E-state index in [1.54, 1.807) is 68.2 Å². The molecule has 67 heavy (non-hydrogen) atoms. The first kappa shape index (κ1) is 48.7. The van der Waals surface area contributed by atoms with Gasteiger partial charge in [-0.3, -0.25) is 24.2 Å². The van der Waals surface area contributed by atoms with Gasteiger partial charge in [-0.2, -0.15) is 23.4 Å². The fraction of sp³-hybridized carbons (Fsp3) is 0.286. The number of methoxy groups -OCH3 is 2. The molecule has 5 aromatic rings. The summed E-state index contributed by atoms with van der Waals surface area (Å²) in [5.41, 5.74) is 4.98. The van der Waals surface area contributed by atoms with Crippen LogP contribution in [0.25, 0.3) is 0 Å². The molecule has 0 unspecified atom stereocenters. The smallest absolute Gasteiger partial charge is 0.471 e. The number of ether oxygens (including phenoxy) is 4. The highest BCUT2D eigenvalue weighted by atomic mass is 19.4. The van der Waals surface area contributed by atoms with E-state index in [0.29, 0.717) is 84.7 Å². The van der Waals surface area contributed by atoms with Crippen LogP contribution >= 0.6 is 0 Å². The Labute approximate surface area is 385 Å². The van der Waals surface area contributed by atoms with Gasteiger partial charge in [-0.05, 0) is 136 Å². The predicted octanol–water partition coefficient (Wildman–Crippen LogP) is 9.01. The molecule has 2 aliphatic rings. The monoisotopic (exact) mass is 921 g/mol. The van der Waals surface area contributed by atoms with E-state index in [9.17, 15) is 32.3 Å². The lowest BCUT2D eigenvalue weighted by Crippen LogP contribution is -2.32. The maximum atomic E-state index is 13.1. The second kappa shape index (κ2) is 22.9. The topological polar surface area (TPSA) is 173 Å². The lowest BCUT2D eigenvalue weighted by molar-refractivity contribution is -0.167. The fourth-order valence-corrected chi connectivity index (χ4v) is 6.88. The van der Waals surface area contributed by atoms with E-state index in [1.807, 2.05) is 44.2 Å². The van der Waals surface area contributed by atoms with Crippen molar-refractivity contribution in [2.75, 3.05) is 51.2 Å². The molecular weight excluding hydrogens is 872 g/mol. The molecule has 0 radical (unpaired) electrons. The van der Waals surface area contributed by atoms with Crippen LogP contribution in [0, 0.1) is 0 Å². The van der Waals surface area contributed by atoms with Crippen LogP contribution in [0.1, 0.15) is 88.2 Å². The molecule has 2 N–H and O–H groups in total. The number of pyridine rings is 1. The summed E-state index contributed by atoms with van der Waals surface area (Å²) in [6.45, 7) is 5.92. The van der Waals surface area contributed by atoms with Crippen molar-refractivity contribution in [3.05, 3.63) is 137 Å². The first-order valence-corrected chi connectivity index (χ1v) is 21.5. The number of aromatic nitrogens is 1. The average Bonchev–Trinajstić information content (AvgIpc) is 3.36. The maximum absolute atomic E-state index is 13.1. The second-order valence-electron chi connectivity index (χ2n) is 15.0. The lowest BCUT2D eigenvalue weighted by Gasteiger charge is -2.24. The van der Waals surface area contributed by atoms with Gasteiger partial charge >= 0.3 is 12.1 Å². The molecule has 15 nitrogen and oxygen atoms in total. The number of hydrogen-bond donors (Lipinski definition) is 2. The summed E-state index contributed by atoms with van der Waals surface area (Å²) >= 11 is 0. The van der Waals surface area contributed by atoms with Crippen molar-refractivity contribution in [1.29, 1.82) is 0 Å². The minimum absolute atomic E-state index is 0.0617. The van der Waals surface area contributed by atoms with Crippen molar-refractivity contribution >= 4 is 46.4 Å². The zero-order chi connectivity index (χ0) is 47.9. The summed E-state index contributed by atoms with van der Waals surface area (Å²) in [6, 6.07) is 26.5. The first-order valence-electron chi connectivity index (χ1n) is 21.5. The van der Waals surface area contributed by atoms with Crippen LogP contribution in [0.4, 0.5) is 24.5 Å². The molecule has 350 valence electrons. The zero-order valence-corrected chi connectivity index (χ0v) is 37.4. The summed E-state index contributed by atoms with van der Waals surface area (Å²) in [7, 11) is 3.16. The third kappa shape index (κ3) is 13.0. The number of carbonyl (C=O) groups is 4. The number of hydrazone groups is 2. The van der Waals surface area contributed by atoms with Crippen molar-refractivity contribution in [1.82, 2.24) is 15.0 Å². The first-order chi connectivity index (χ1) is 32.3. The number of alkyl halides is 3. The predicted molar refractivity (Wildman–Crippen MR) is 246 cm³/mol. The van der Waals surface area contributed by atoms with Gasteiger partial charge in [-0.15, -0.1) is 0 Å². The Kier molecular flexibility index (Phi) is 16.7. The molecule has 0 spiro atoms. The summed E-state index contributed by atoms with van der Waals surface area (Å²) in [4.78, 5) is 53.3. The molecule has 7 rings (SSSR count). The number of nitrogens with one attached hydrogen (secondary N) is 2. The van der Waals surface area contributed by atoms with E-state index < -0.39 is 18.0 Å². The van der Waals surface area contributed by atoms with Crippen molar-refractivity contribution in [3.63, 3.8) is 0 Å². The van der Waals surface area contributed by atoms with E-state index in [2.05, 4.69) is 20.5 Å². The minimum Gasteiger partial charge on any atom is -0.493 e. The van der Waals surface area contributed by atoms with Gasteiger partial charge in [-0.25, -0.2) is 10.0 Å². The zero-order valence-electron chi connectivity index (χ0n) is 37.4. The fourth-order valence-electron chi connectivity index (χ4n) is 6.88. The van der Waals surface area contributed by atoms with Crippen LogP contribution in [-0.4, -0.2) is 96.8 Å². The van der Waals surface area contributed by atoms with E-state index in [0.717, 1.165) is 36.1 Å². The standard InChI is InChI=1S/C27H28N4O4.C22H22F3N3O4/c1-3-16-35-25-17-20(10-13-24(25)34-2)23-7-5-15-31(30-23)27(33)19-8-11-22(12-9-19)29-26(32)21-6-4-14-28-18-21;1-3-32-19-13-15(8-11-18(19)31-2)17-5-4-12-28(27-17)20(29)14-6-9-16(10-7-14)26-21(30)22(23,24)25/h4,6,8-14,17-18H,3,5,7,15-16H2,1-2H3,(H,29,32);6-11,13H,3-5,12H2,1-2H3,(H,26,30). The van der Waals surface area contributed by atoms with Crippen LogP contribution in [0.15, 0.2) is 120 Å². The number of hydrogen-bond acceptors (Lipinski definition) is 11. The molecule has 2 aliphatic heterocycles. The minimum atomic E-state index is -4.99. The molecule has 18 heteroatoms. The van der Waals surface area contributed by atoms with Crippen molar-refractivity contribution in [2.24, 2.45) is 10.2 Å². The Balaban J connectivity index is 0.000000222. The second-order valence-corrected chi connectivity index (χ2v) is 15.0. The van der Waals surface area contributed by atoms with E-state index in [1.165, 1.54) is 40.5 Å². The Morgan fingerprint density at radius 3 is 1.60 bits per heavy atom. The quantitative estimate of drug-likeness (QED) is 0.110. The summed E-state index contributed by atoms with van der Waals surface area (Å²) in [5, 5.41) is 16.5.